The standard InChI is InChI=1S/C11H14N2O2/c1-2-15-11(14)10-7-13-12-6-9(10)8-4-3-5-8/h6-8H,2-5H2,1H3. The minimum Gasteiger partial charge on any atom is -0.462 e. The first-order chi connectivity index (χ1) is 7.33. The number of carbonyl (C=O) groups is 1. The van der Waals surface area contributed by atoms with Crippen LogP contribution in [0.1, 0.15) is 48.0 Å². The summed E-state index contributed by atoms with van der Waals surface area (Å²) in [6.07, 6.45) is 6.70. The van der Waals surface area contributed by atoms with E-state index in [-0.39, 0.29) is 5.97 Å². The predicted molar refractivity (Wildman–Crippen MR) is 54.6 cm³/mol. The van der Waals surface area contributed by atoms with Crippen molar-refractivity contribution in [2.75, 3.05) is 6.61 Å². The number of aromatic nitrogens is 2. The molecule has 1 aromatic heterocycles. The van der Waals surface area contributed by atoms with Crippen LogP contribution >= 0.6 is 0 Å². The summed E-state index contributed by atoms with van der Waals surface area (Å²) in [6, 6.07) is 0. The number of rotatable bonds is 3. The van der Waals surface area contributed by atoms with Crippen LogP contribution in [-0.4, -0.2) is 22.8 Å². The molecule has 2 rings (SSSR count). The molecule has 1 aromatic rings. The Bertz CT molecular complexity index is 361. The van der Waals surface area contributed by atoms with E-state index in [0.717, 1.165) is 18.4 Å². The van der Waals surface area contributed by atoms with E-state index in [9.17, 15) is 4.79 Å². The van der Waals surface area contributed by atoms with Gasteiger partial charge in [-0.2, -0.15) is 10.2 Å². The van der Waals surface area contributed by atoms with Crippen LogP contribution in [0.2, 0.25) is 0 Å². The Balaban J connectivity index is 2.24. The average Bonchev–Trinajstić information content (AvgIpc) is 2.16. The van der Waals surface area contributed by atoms with Gasteiger partial charge in [-0.1, -0.05) is 6.42 Å². The lowest BCUT2D eigenvalue weighted by Crippen LogP contribution is -2.16. The second-order valence-electron chi connectivity index (χ2n) is 3.71. The van der Waals surface area contributed by atoms with Crippen LogP contribution in [0.4, 0.5) is 0 Å². The van der Waals surface area contributed by atoms with Crippen LogP contribution in [0.15, 0.2) is 12.4 Å². The highest BCUT2D eigenvalue weighted by Crippen LogP contribution is 2.37. The van der Waals surface area contributed by atoms with Crippen molar-refractivity contribution in [2.45, 2.75) is 32.1 Å². The van der Waals surface area contributed by atoms with Gasteiger partial charge in [-0.25, -0.2) is 4.79 Å². The zero-order chi connectivity index (χ0) is 10.7. The van der Waals surface area contributed by atoms with Crippen LogP contribution in [0.3, 0.4) is 0 Å². The van der Waals surface area contributed by atoms with E-state index in [0.29, 0.717) is 18.1 Å². The molecule has 0 amide bonds. The summed E-state index contributed by atoms with van der Waals surface area (Å²) < 4.78 is 4.98. The molecule has 0 N–H and O–H groups in total. The first-order valence-corrected chi connectivity index (χ1v) is 5.30. The van der Waals surface area contributed by atoms with Gasteiger partial charge in [0, 0.05) is 0 Å². The Kier molecular flexibility index (Phi) is 2.94. The topological polar surface area (TPSA) is 52.1 Å². The molecule has 0 aliphatic heterocycles. The van der Waals surface area contributed by atoms with Crippen LogP contribution in [0.5, 0.6) is 0 Å². The molecule has 4 nitrogen and oxygen atoms in total. The average molecular weight is 206 g/mol. The number of esters is 1. The van der Waals surface area contributed by atoms with Gasteiger partial charge in [-0.3, -0.25) is 0 Å². The van der Waals surface area contributed by atoms with Gasteiger partial charge in [0.05, 0.1) is 24.6 Å². The molecule has 1 heterocycles. The molecule has 80 valence electrons. The summed E-state index contributed by atoms with van der Waals surface area (Å²) in [7, 11) is 0. The molecule has 1 fully saturated rings. The monoisotopic (exact) mass is 206 g/mol. The van der Waals surface area contributed by atoms with Gasteiger partial charge in [0.2, 0.25) is 0 Å². The van der Waals surface area contributed by atoms with Crippen molar-refractivity contribution in [3.63, 3.8) is 0 Å². The third-order valence-corrected chi connectivity index (χ3v) is 2.80. The van der Waals surface area contributed by atoms with E-state index in [2.05, 4.69) is 10.2 Å². The molecule has 4 heteroatoms. The highest BCUT2D eigenvalue weighted by molar-refractivity contribution is 5.90. The molecule has 0 atom stereocenters. The maximum atomic E-state index is 11.6. The van der Waals surface area contributed by atoms with Gasteiger partial charge in [0.25, 0.3) is 0 Å². The molecule has 0 spiro atoms. The molecule has 1 saturated carbocycles. The number of hydrogen-bond donors (Lipinski definition) is 0. The van der Waals surface area contributed by atoms with Crippen molar-refractivity contribution in [1.29, 1.82) is 0 Å². The third kappa shape index (κ3) is 1.98. The first-order valence-electron chi connectivity index (χ1n) is 5.30. The van der Waals surface area contributed by atoms with Gasteiger partial charge < -0.3 is 4.74 Å². The fourth-order valence-electron chi connectivity index (χ4n) is 1.75. The minimum atomic E-state index is -0.283. The molecule has 0 saturated heterocycles. The van der Waals surface area contributed by atoms with Crippen molar-refractivity contribution >= 4 is 5.97 Å². The second-order valence-corrected chi connectivity index (χ2v) is 3.71. The van der Waals surface area contributed by atoms with Crippen molar-refractivity contribution in [2.24, 2.45) is 0 Å². The Morgan fingerprint density at radius 1 is 1.47 bits per heavy atom. The quantitative estimate of drug-likeness (QED) is 0.709. The van der Waals surface area contributed by atoms with Gasteiger partial charge >= 0.3 is 5.97 Å². The lowest BCUT2D eigenvalue weighted by Gasteiger charge is -2.26. The van der Waals surface area contributed by atoms with Crippen LogP contribution in [0, 0.1) is 0 Å². The summed E-state index contributed by atoms with van der Waals surface area (Å²) in [5, 5.41) is 7.57. The molecule has 15 heavy (non-hydrogen) atoms. The summed E-state index contributed by atoms with van der Waals surface area (Å²) in [6.45, 7) is 2.20. The molecule has 0 aromatic carbocycles. The normalized spacial score (nSPS) is 15.8. The molecular weight excluding hydrogens is 192 g/mol. The molecule has 0 unspecified atom stereocenters. The molecule has 1 aliphatic carbocycles. The first kappa shape index (κ1) is 10.1. The summed E-state index contributed by atoms with van der Waals surface area (Å²) >= 11 is 0. The Morgan fingerprint density at radius 3 is 2.80 bits per heavy atom. The molecule has 1 aliphatic rings. The van der Waals surface area contributed by atoms with E-state index >= 15 is 0 Å². The summed E-state index contributed by atoms with van der Waals surface area (Å²) in [5.74, 6) is 0.189. The molecule has 0 bridgehead atoms. The Labute approximate surface area is 88.7 Å². The lowest BCUT2D eigenvalue weighted by atomic mass is 9.79. The van der Waals surface area contributed by atoms with Crippen LogP contribution < -0.4 is 0 Å². The van der Waals surface area contributed by atoms with Crippen LogP contribution in [-0.2, 0) is 4.74 Å². The fourth-order valence-corrected chi connectivity index (χ4v) is 1.75. The maximum Gasteiger partial charge on any atom is 0.340 e. The lowest BCUT2D eigenvalue weighted by molar-refractivity contribution is 0.0523. The van der Waals surface area contributed by atoms with Gasteiger partial charge in [0.15, 0.2) is 0 Å². The summed E-state index contributed by atoms with van der Waals surface area (Å²) in [5.41, 5.74) is 1.58. The molecule has 0 radical (unpaired) electrons. The number of carbonyl (C=O) groups excluding carboxylic acids is 1. The van der Waals surface area contributed by atoms with Crippen molar-refractivity contribution in [3.05, 3.63) is 23.5 Å². The number of hydrogen-bond acceptors (Lipinski definition) is 4. The Morgan fingerprint density at radius 2 is 2.20 bits per heavy atom. The summed E-state index contributed by atoms with van der Waals surface area (Å²) in [4.78, 5) is 11.6. The third-order valence-electron chi connectivity index (χ3n) is 2.80. The highest BCUT2D eigenvalue weighted by atomic mass is 16.5. The minimum absolute atomic E-state index is 0.283. The van der Waals surface area contributed by atoms with Gasteiger partial charge in [-0.15, -0.1) is 0 Å². The van der Waals surface area contributed by atoms with Crippen molar-refractivity contribution in [1.82, 2.24) is 10.2 Å². The molecular formula is C11H14N2O2. The van der Waals surface area contributed by atoms with Gasteiger partial charge in [-0.05, 0) is 31.2 Å². The number of ether oxygens (including phenoxy) is 1. The van der Waals surface area contributed by atoms with Crippen molar-refractivity contribution < 1.29 is 9.53 Å². The van der Waals surface area contributed by atoms with E-state index in [1.165, 1.54) is 12.6 Å². The predicted octanol–water partition coefficient (Wildman–Crippen LogP) is 1.92. The van der Waals surface area contributed by atoms with E-state index in [1.54, 1.807) is 13.1 Å². The zero-order valence-electron chi connectivity index (χ0n) is 8.77. The Hall–Kier alpha value is -1.45. The van der Waals surface area contributed by atoms with Crippen molar-refractivity contribution in [3.8, 4) is 0 Å². The highest BCUT2D eigenvalue weighted by Gasteiger charge is 2.25. The maximum absolute atomic E-state index is 11.6. The SMILES string of the molecule is CCOC(=O)c1cnncc1C1CCC1. The second kappa shape index (κ2) is 4.38. The largest absolute Gasteiger partial charge is 0.462 e. The van der Waals surface area contributed by atoms with Gasteiger partial charge in [0.1, 0.15) is 0 Å². The number of nitrogens with zero attached hydrogens (tertiary/aromatic N) is 2. The van der Waals surface area contributed by atoms with E-state index in [1.807, 2.05) is 0 Å². The fraction of sp³-hybridized carbons (Fsp3) is 0.545. The zero-order valence-corrected chi connectivity index (χ0v) is 8.77. The van der Waals surface area contributed by atoms with E-state index in [4.69, 9.17) is 4.74 Å². The van der Waals surface area contributed by atoms with E-state index < -0.39 is 0 Å². The smallest absolute Gasteiger partial charge is 0.340 e. The van der Waals surface area contributed by atoms with Crippen LogP contribution in [0.25, 0.3) is 0 Å².